The molecule has 34 heavy (non-hydrogen) atoms. The number of hydrogen-bond acceptors (Lipinski definition) is 4. The van der Waals surface area contributed by atoms with Gasteiger partial charge in [0, 0.05) is 11.6 Å². The lowest BCUT2D eigenvalue weighted by molar-refractivity contribution is 0.0714. The highest BCUT2D eigenvalue weighted by Crippen LogP contribution is 2.39. The fraction of sp³-hybridized carbons (Fsp3) is 0.214. The molecule has 0 saturated carbocycles. The average Bonchev–Trinajstić information content (AvgIpc) is 3.12. The number of amides is 1. The second kappa shape index (κ2) is 8.65. The summed E-state index contributed by atoms with van der Waals surface area (Å²) in [5.41, 5.74) is 3.44. The summed E-state index contributed by atoms with van der Waals surface area (Å²) in [4.78, 5) is 28.9. The third-order valence-corrected chi connectivity index (χ3v) is 6.59. The molecule has 1 aliphatic rings. The Hall–Kier alpha value is -3.57. The first-order valence-corrected chi connectivity index (χ1v) is 11.5. The Morgan fingerprint density at radius 3 is 2.35 bits per heavy atom. The van der Waals surface area contributed by atoms with Crippen molar-refractivity contribution in [3.05, 3.63) is 110 Å². The van der Waals surface area contributed by atoms with Gasteiger partial charge >= 0.3 is 0 Å². The minimum atomic E-state index is -0.564. The van der Waals surface area contributed by atoms with Gasteiger partial charge in [-0.05, 0) is 52.9 Å². The normalized spacial score (nSPS) is 15.3. The lowest BCUT2D eigenvalue weighted by atomic mass is 9.95. The number of ether oxygens (including phenoxy) is 1. The Morgan fingerprint density at radius 2 is 1.71 bits per heavy atom. The molecule has 1 aromatic heterocycles. The Labute approximate surface area is 202 Å². The van der Waals surface area contributed by atoms with Crippen LogP contribution >= 0.6 is 11.6 Å². The molecule has 172 valence electrons. The van der Waals surface area contributed by atoms with E-state index in [4.69, 9.17) is 20.8 Å². The van der Waals surface area contributed by atoms with Crippen LogP contribution in [0, 0.1) is 0 Å². The second-order valence-electron chi connectivity index (χ2n) is 8.82. The summed E-state index contributed by atoms with van der Waals surface area (Å²) in [6.45, 7) is 4.58. The molecule has 0 aliphatic carbocycles. The van der Waals surface area contributed by atoms with Crippen molar-refractivity contribution in [1.29, 1.82) is 0 Å². The van der Waals surface area contributed by atoms with Gasteiger partial charge in [-0.15, -0.1) is 0 Å². The van der Waals surface area contributed by atoms with Gasteiger partial charge in [0.2, 0.25) is 5.76 Å². The number of fused-ring (bicyclic) bond motifs is 2. The van der Waals surface area contributed by atoms with Gasteiger partial charge in [-0.2, -0.15) is 0 Å². The molecule has 0 radical (unpaired) electrons. The third kappa shape index (κ3) is 3.76. The van der Waals surface area contributed by atoms with Crippen LogP contribution in [0.4, 0.5) is 0 Å². The van der Waals surface area contributed by atoms with E-state index in [0.29, 0.717) is 34.0 Å². The average molecular weight is 474 g/mol. The molecular weight excluding hydrogens is 450 g/mol. The zero-order chi connectivity index (χ0) is 24.0. The van der Waals surface area contributed by atoms with Gasteiger partial charge in [0.05, 0.1) is 24.1 Å². The van der Waals surface area contributed by atoms with Gasteiger partial charge in [0.1, 0.15) is 11.3 Å². The van der Waals surface area contributed by atoms with Crippen molar-refractivity contribution < 1.29 is 13.9 Å². The molecule has 3 aromatic carbocycles. The summed E-state index contributed by atoms with van der Waals surface area (Å²) >= 11 is 6.16. The number of benzene rings is 3. The fourth-order valence-electron chi connectivity index (χ4n) is 4.49. The van der Waals surface area contributed by atoms with Crippen LogP contribution in [0.25, 0.3) is 11.0 Å². The number of rotatable bonds is 5. The Balaban J connectivity index is 1.67. The smallest absolute Gasteiger partial charge is 0.291 e. The summed E-state index contributed by atoms with van der Waals surface area (Å²) in [6.07, 6.45) is 0. The number of halogens is 1. The maximum absolute atomic E-state index is 13.6. The zero-order valence-electron chi connectivity index (χ0n) is 19.2. The Bertz CT molecular complexity index is 1440. The van der Waals surface area contributed by atoms with Gasteiger partial charge in [-0.25, -0.2) is 0 Å². The van der Waals surface area contributed by atoms with Crippen molar-refractivity contribution in [2.45, 2.75) is 32.4 Å². The molecule has 1 aliphatic heterocycles. The highest BCUT2D eigenvalue weighted by atomic mass is 35.5. The van der Waals surface area contributed by atoms with Gasteiger partial charge in [-0.1, -0.05) is 61.8 Å². The molecule has 0 saturated heterocycles. The molecule has 1 atom stereocenters. The standard InChI is InChI=1S/C28H24ClNO4/c1-16(2)18-6-8-19(9-7-18)25-24-26(31)22-14-20(29)10-13-23(22)34-27(24)28(32)30(25)15-17-4-11-21(33-3)12-5-17/h4-14,16,25H,15H2,1-3H3. The Morgan fingerprint density at radius 1 is 1.00 bits per heavy atom. The van der Waals surface area contributed by atoms with E-state index in [-0.39, 0.29) is 17.1 Å². The summed E-state index contributed by atoms with van der Waals surface area (Å²) in [5, 5.41) is 0.811. The summed E-state index contributed by atoms with van der Waals surface area (Å²) in [6, 6.07) is 19.9. The summed E-state index contributed by atoms with van der Waals surface area (Å²) in [5.74, 6) is 0.891. The van der Waals surface area contributed by atoms with E-state index in [2.05, 4.69) is 13.8 Å². The van der Waals surface area contributed by atoms with Crippen molar-refractivity contribution in [3.8, 4) is 5.75 Å². The summed E-state index contributed by atoms with van der Waals surface area (Å²) < 4.78 is 11.3. The largest absolute Gasteiger partial charge is 0.497 e. The minimum Gasteiger partial charge on any atom is -0.497 e. The van der Waals surface area contributed by atoms with Gasteiger partial charge in [-0.3, -0.25) is 9.59 Å². The SMILES string of the molecule is COc1ccc(CN2C(=O)c3oc4ccc(Cl)cc4c(=O)c3C2c2ccc(C(C)C)cc2)cc1. The molecule has 1 amide bonds. The molecule has 0 fully saturated rings. The second-order valence-corrected chi connectivity index (χ2v) is 9.26. The summed E-state index contributed by atoms with van der Waals surface area (Å²) in [7, 11) is 1.61. The molecule has 1 unspecified atom stereocenters. The highest BCUT2D eigenvalue weighted by molar-refractivity contribution is 6.31. The van der Waals surface area contributed by atoms with Crippen molar-refractivity contribution in [3.63, 3.8) is 0 Å². The molecule has 4 aromatic rings. The lowest BCUT2D eigenvalue weighted by Crippen LogP contribution is -2.29. The van der Waals surface area contributed by atoms with Crippen molar-refractivity contribution in [1.82, 2.24) is 4.90 Å². The van der Waals surface area contributed by atoms with E-state index < -0.39 is 6.04 Å². The number of hydrogen-bond donors (Lipinski definition) is 0. The molecule has 0 bridgehead atoms. The molecule has 2 heterocycles. The van der Waals surface area contributed by atoms with Gasteiger partial charge < -0.3 is 14.1 Å². The number of nitrogens with zero attached hydrogens (tertiary/aromatic N) is 1. The predicted molar refractivity (Wildman–Crippen MR) is 133 cm³/mol. The predicted octanol–water partition coefficient (Wildman–Crippen LogP) is 6.32. The van der Waals surface area contributed by atoms with Crippen LogP contribution in [0.3, 0.4) is 0 Å². The van der Waals surface area contributed by atoms with Crippen LogP contribution in [0.1, 0.15) is 58.6 Å². The molecule has 5 nitrogen and oxygen atoms in total. The van der Waals surface area contributed by atoms with E-state index in [0.717, 1.165) is 16.9 Å². The van der Waals surface area contributed by atoms with Crippen LogP contribution in [0.2, 0.25) is 5.02 Å². The maximum atomic E-state index is 13.6. The van der Waals surface area contributed by atoms with E-state index in [1.165, 1.54) is 5.56 Å². The van der Waals surface area contributed by atoms with Gasteiger partial charge in [0.25, 0.3) is 5.91 Å². The highest BCUT2D eigenvalue weighted by Gasteiger charge is 2.42. The van der Waals surface area contributed by atoms with E-state index in [1.54, 1.807) is 30.2 Å². The van der Waals surface area contributed by atoms with E-state index in [1.807, 2.05) is 48.5 Å². The lowest BCUT2D eigenvalue weighted by Gasteiger charge is -2.25. The first-order valence-electron chi connectivity index (χ1n) is 11.2. The van der Waals surface area contributed by atoms with Crippen LogP contribution in [-0.4, -0.2) is 17.9 Å². The van der Waals surface area contributed by atoms with Crippen LogP contribution in [0.5, 0.6) is 5.75 Å². The van der Waals surface area contributed by atoms with Crippen LogP contribution in [-0.2, 0) is 6.54 Å². The maximum Gasteiger partial charge on any atom is 0.291 e. The van der Waals surface area contributed by atoms with Crippen molar-refractivity contribution in [2.75, 3.05) is 7.11 Å². The first-order chi connectivity index (χ1) is 16.4. The van der Waals surface area contributed by atoms with Gasteiger partial charge in [0.15, 0.2) is 5.43 Å². The van der Waals surface area contributed by atoms with E-state index >= 15 is 0 Å². The van der Waals surface area contributed by atoms with Crippen molar-refractivity contribution >= 4 is 28.5 Å². The fourth-order valence-corrected chi connectivity index (χ4v) is 4.67. The van der Waals surface area contributed by atoms with Crippen molar-refractivity contribution in [2.24, 2.45) is 0 Å². The topological polar surface area (TPSA) is 59.8 Å². The Kier molecular flexibility index (Phi) is 5.66. The van der Waals surface area contributed by atoms with Crippen LogP contribution in [0.15, 0.2) is 75.9 Å². The number of carbonyl (C=O) groups is 1. The zero-order valence-corrected chi connectivity index (χ0v) is 19.9. The monoisotopic (exact) mass is 473 g/mol. The first kappa shape index (κ1) is 22.2. The molecule has 0 spiro atoms. The number of methoxy groups -OCH3 is 1. The molecular formula is C28H24ClNO4. The molecule has 6 heteroatoms. The van der Waals surface area contributed by atoms with E-state index in [9.17, 15) is 9.59 Å². The van der Waals surface area contributed by atoms with Crippen LogP contribution < -0.4 is 10.2 Å². The number of carbonyl (C=O) groups excluding carboxylic acids is 1. The third-order valence-electron chi connectivity index (χ3n) is 6.36. The quantitative estimate of drug-likeness (QED) is 0.340. The minimum absolute atomic E-state index is 0.0891. The molecule has 5 rings (SSSR count). The molecule has 0 N–H and O–H groups in total.